The largest absolute Gasteiger partial charge is 0.396 e. The quantitative estimate of drug-likeness (QED) is 0.781. The smallest absolute Gasteiger partial charge is 0.254 e. The predicted octanol–water partition coefficient (Wildman–Crippen LogP) is 0.696. The molecule has 1 fully saturated rings. The van der Waals surface area contributed by atoms with Crippen molar-refractivity contribution in [3.05, 3.63) is 22.4 Å². The zero-order valence-corrected chi connectivity index (χ0v) is 12.3. The number of hydrogen-bond donors (Lipinski definition) is 2. The van der Waals surface area contributed by atoms with Gasteiger partial charge in [0.2, 0.25) is 0 Å². The number of hydrazine groups is 1. The lowest BCUT2D eigenvalue weighted by molar-refractivity contribution is 0.0272. The fraction of sp³-hybridized carbons (Fsp3) is 0.400. The molecule has 1 aliphatic rings. The molecule has 6 nitrogen and oxygen atoms in total. The second kappa shape index (κ2) is 5.71. The normalized spacial score (nSPS) is 17.6. The summed E-state index contributed by atoms with van der Waals surface area (Å²) in [6.45, 7) is 1.81. The Morgan fingerprint density at radius 1 is 1.37 bits per heavy atom. The van der Waals surface area contributed by atoms with Crippen LogP contribution in [-0.2, 0) is 14.8 Å². The standard InChI is InChI=1S/C10H13BrFN3O3S/c11-7-5-8(12)9(13)6-10(7)19(16,17)14-15-1-3-18-4-2-15/h5-6,14H,1-4,13H2. The van der Waals surface area contributed by atoms with Gasteiger partial charge in [-0.3, -0.25) is 0 Å². The fourth-order valence-corrected chi connectivity index (χ4v) is 3.80. The van der Waals surface area contributed by atoms with Crippen molar-refractivity contribution >= 4 is 31.6 Å². The average Bonchev–Trinajstić information content (AvgIpc) is 2.34. The molecule has 9 heteroatoms. The summed E-state index contributed by atoms with van der Waals surface area (Å²) in [7, 11) is -3.80. The van der Waals surface area contributed by atoms with Crippen molar-refractivity contribution in [1.82, 2.24) is 9.84 Å². The molecule has 0 unspecified atom stereocenters. The van der Waals surface area contributed by atoms with Gasteiger partial charge in [-0.2, -0.15) is 0 Å². The monoisotopic (exact) mass is 353 g/mol. The van der Waals surface area contributed by atoms with Gasteiger partial charge < -0.3 is 10.5 Å². The van der Waals surface area contributed by atoms with Crippen LogP contribution in [0.4, 0.5) is 10.1 Å². The summed E-state index contributed by atoms with van der Waals surface area (Å²) < 4.78 is 42.8. The van der Waals surface area contributed by atoms with E-state index in [1.54, 1.807) is 0 Å². The average molecular weight is 354 g/mol. The third-order valence-corrected chi connectivity index (χ3v) is 4.93. The van der Waals surface area contributed by atoms with Gasteiger partial charge in [0.05, 0.1) is 23.8 Å². The number of hydrogen-bond acceptors (Lipinski definition) is 5. The van der Waals surface area contributed by atoms with Gasteiger partial charge >= 0.3 is 0 Å². The van der Waals surface area contributed by atoms with Crippen molar-refractivity contribution in [2.24, 2.45) is 0 Å². The Morgan fingerprint density at radius 3 is 2.63 bits per heavy atom. The first-order valence-electron chi connectivity index (χ1n) is 5.50. The van der Waals surface area contributed by atoms with Crippen molar-refractivity contribution in [3.63, 3.8) is 0 Å². The summed E-state index contributed by atoms with van der Waals surface area (Å²) >= 11 is 3.02. The summed E-state index contributed by atoms with van der Waals surface area (Å²) in [4.78, 5) is 2.32. The number of nitrogens with zero attached hydrogens (tertiary/aromatic N) is 1. The fourth-order valence-electron chi connectivity index (χ4n) is 1.62. The molecule has 3 N–H and O–H groups in total. The van der Waals surface area contributed by atoms with E-state index < -0.39 is 15.8 Å². The van der Waals surface area contributed by atoms with Crippen LogP contribution in [0.25, 0.3) is 0 Å². The molecule has 0 aliphatic carbocycles. The van der Waals surface area contributed by atoms with Crippen LogP contribution in [0.3, 0.4) is 0 Å². The van der Waals surface area contributed by atoms with Gasteiger partial charge in [-0.25, -0.2) is 17.8 Å². The topological polar surface area (TPSA) is 84.7 Å². The highest BCUT2D eigenvalue weighted by Gasteiger charge is 2.23. The van der Waals surface area contributed by atoms with Crippen molar-refractivity contribution in [2.45, 2.75) is 4.90 Å². The first-order chi connectivity index (χ1) is 8.90. The number of ether oxygens (including phenoxy) is 1. The first kappa shape index (κ1) is 14.7. The van der Waals surface area contributed by atoms with Crippen LogP contribution < -0.4 is 10.6 Å². The third kappa shape index (κ3) is 3.42. The Morgan fingerprint density at radius 2 is 2.00 bits per heavy atom. The molecule has 106 valence electrons. The maximum atomic E-state index is 13.2. The predicted molar refractivity (Wildman–Crippen MR) is 71.2 cm³/mol. The number of nitrogens with one attached hydrogen (secondary N) is 1. The number of nitrogens with two attached hydrogens (primary N) is 1. The van der Waals surface area contributed by atoms with E-state index in [0.29, 0.717) is 26.3 Å². The molecule has 1 heterocycles. The Hall–Kier alpha value is -0.740. The number of rotatable bonds is 3. The highest BCUT2D eigenvalue weighted by molar-refractivity contribution is 9.10. The summed E-state index contributed by atoms with van der Waals surface area (Å²) in [5.74, 6) is -0.669. The van der Waals surface area contributed by atoms with E-state index in [9.17, 15) is 12.8 Å². The molecular weight excluding hydrogens is 341 g/mol. The number of benzene rings is 1. The van der Waals surface area contributed by atoms with Gasteiger partial charge in [0.25, 0.3) is 10.0 Å². The highest BCUT2D eigenvalue weighted by atomic mass is 79.9. The number of halogens is 2. The Labute approximate surface area is 118 Å². The first-order valence-corrected chi connectivity index (χ1v) is 7.77. The van der Waals surface area contributed by atoms with Crippen LogP contribution in [0, 0.1) is 5.82 Å². The van der Waals surface area contributed by atoms with Crippen molar-refractivity contribution in [2.75, 3.05) is 32.0 Å². The molecule has 1 aliphatic heterocycles. The zero-order valence-electron chi connectivity index (χ0n) is 9.90. The number of morpholine rings is 1. The molecule has 1 aromatic carbocycles. The van der Waals surface area contributed by atoms with E-state index in [2.05, 4.69) is 20.8 Å². The molecule has 0 spiro atoms. The number of sulfonamides is 1. The van der Waals surface area contributed by atoms with Crippen LogP contribution in [0.15, 0.2) is 21.5 Å². The lowest BCUT2D eigenvalue weighted by atomic mass is 10.3. The van der Waals surface area contributed by atoms with E-state index >= 15 is 0 Å². The van der Waals surface area contributed by atoms with Crippen LogP contribution in [0.2, 0.25) is 0 Å². The van der Waals surface area contributed by atoms with E-state index in [4.69, 9.17) is 10.5 Å². The maximum absolute atomic E-state index is 13.2. The molecule has 19 heavy (non-hydrogen) atoms. The summed E-state index contributed by atoms with van der Waals surface area (Å²) in [5, 5.41) is 1.53. The minimum atomic E-state index is -3.80. The SMILES string of the molecule is Nc1cc(S(=O)(=O)NN2CCOCC2)c(Br)cc1F. The second-order valence-electron chi connectivity index (χ2n) is 4.00. The van der Waals surface area contributed by atoms with Crippen LogP contribution in [0.1, 0.15) is 0 Å². The van der Waals surface area contributed by atoms with Crippen LogP contribution >= 0.6 is 15.9 Å². The molecule has 0 amide bonds. The van der Waals surface area contributed by atoms with Crippen LogP contribution in [0.5, 0.6) is 0 Å². The number of nitrogen functional groups attached to an aromatic ring is 1. The van der Waals surface area contributed by atoms with Gasteiger partial charge in [-0.15, -0.1) is 4.83 Å². The summed E-state index contributed by atoms with van der Waals surface area (Å²) in [6.07, 6.45) is 0. The van der Waals surface area contributed by atoms with E-state index in [0.717, 1.165) is 12.1 Å². The van der Waals surface area contributed by atoms with Crippen molar-refractivity contribution < 1.29 is 17.5 Å². The molecule has 0 aromatic heterocycles. The van der Waals surface area contributed by atoms with E-state index in [1.807, 2.05) is 0 Å². The third-order valence-electron chi connectivity index (χ3n) is 2.60. The molecule has 1 aromatic rings. The molecule has 0 saturated carbocycles. The molecule has 0 radical (unpaired) electrons. The van der Waals surface area contributed by atoms with Gasteiger partial charge in [-0.05, 0) is 28.1 Å². The molecule has 0 bridgehead atoms. The number of anilines is 1. The van der Waals surface area contributed by atoms with E-state index in [1.165, 1.54) is 5.01 Å². The molecule has 0 atom stereocenters. The van der Waals surface area contributed by atoms with Crippen LogP contribution in [-0.4, -0.2) is 39.7 Å². The van der Waals surface area contributed by atoms with Crippen molar-refractivity contribution in [1.29, 1.82) is 0 Å². The Balaban J connectivity index is 2.26. The molecule has 2 rings (SSSR count). The van der Waals surface area contributed by atoms with Gasteiger partial charge in [0, 0.05) is 17.6 Å². The highest BCUT2D eigenvalue weighted by Crippen LogP contribution is 2.26. The maximum Gasteiger partial charge on any atom is 0.254 e. The Kier molecular flexibility index (Phi) is 4.41. The minimum Gasteiger partial charge on any atom is -0.396 e. The summed E-state index contributed by atoms with van der Waals surface area (Å²) in [6, 6.07) is 2.12. The van der Waals surface area contributed by atoms with Gasteiger partial charge in [0.15, 0.2) is 0 Å². The van der Waals surface area contributed by atoms with E-state index in [-0.39, 0.29) is 15.1 Å². The summed E-state index contributed by atoms with van der Waals surface area (Å²) in [5.41, 5.74) is 5.18. The lowest BCUT2D eigenvalue weighted by Gasteiger charge is -2.26. The minimum absolute atomic E-state index is 0.0992. The Bertz CT molecular complexity index is 576. The van der Waals surface area contributed by atoms with Gasteiger partial charge in [-0.1, -0.05) is 0 Å². The van der Waals surface area contributed by atoms with Crippen molar-refractivity contribution in [3.8, 4) is 0 Å². The van der Waals surface area contributed by atoms with Gasteiger partial charge in [0.1, 0.15) is 5.82 Å². The lowest BCUT2D eigenvalue weighted by Crippen LogP contribution is -2.48. The second-order valence-corrected chi connectivity index (χ2v) is 6.48. The zero-order chi connectivity index (χ0) is 14.0. The molecular formula is C10H13BrFN3O3S. The molecule has 1 saturated heterocycles.